The van der Waals surface area contributed by atoms with Crippen molar-refractivity contribution in [2.45, 2.75) is 20.4 Å². The number of ether oxygens (including phenoxy) is 2. The molecule has 0 aromatic heterocycles. The van der Waals surface area contributed by atoms with Gasteiger partial charge < -0.3 is 9.47 Å². The molecule has 3 nitrogen and oxygen atoms in total. The zero-order valence-electron chi connectivity index (χ0n) is 9.89. The molecule has 0 aliphatic rings. The van der Waals surface area contributed by atoms with Gasteiger partial charge in [-0.15, -0.1) is 0 Å². The summed E-state index contributed by atoms with van der Waals surface area (Å²) in [6.45, 7) is 5.51. The van der Waals surface area contributed by atoms with E-state index in [0.29, 0.717) is 6.73 Å². The smallest absolute Gasteiger partial charge is 0.124 e. The first-order valence-electron chi connectivity index (χ1n) is 5.02. The van der Waals surface area contributed by atoms with Crippen molar-refractivity contribution in [2.24, 2.45) is 0 Å². The minimum absolute atomic E-state index is 0.574. The highest BCUT2D eigenvalue weighted by atomic mass is 16.5. The van der Waals surface area contributed by atoms with E-state index in [1.165, 1.54) is 16.7 Å². The molecule has 15 heavy (non-hydrogen) atoms. The minimum atomic E-state index is 0.574. The quantitative estimate of drug-likeness (QED) is 0.594. The van der Waals surface area contributed by atoms with Gasteiger partial charge in [-0.3, -0.25) is 5.32 Å². The molecule has 0 radical (unpaired) electrons. The molecule has 1 N–H and O–H groups in total. The van der Waals surface area contributed by atoms with Gasteiger partial charge in [-0.05, 0) is 30.5 Å². The van der Waals surface area contributed by atoms with Crippen molar-refractivity contribution < 1.29 is 9.47 Å². The van der Waals surface area contributed by atoms with Gasteiger partial charge in [0.05, 0.1) is 13.8 Å². The molecule has 0 saturated carbocycles. The highest BCUT2D eigenvalue weighted by Crippen LogP contribution is 2.24. The highest BCUT2D eigenvalue weighted by Gasteiger charge is 2.04. The summed E-state index contributed by atoms with van der Waals surface area (Å²) in [7, 11) is 3.38. The lowest BCUT2D eigenvalue weighted by atomic mass is 10.1. The summed E-state index contributed by atoms with van der Waals surface area (Å²) in [4.78, 5) is 0. The van der Waals surface area contributed by atoms with Crippen LogP contribution < -0.4 is 10.1 Å². The minimum Gasteiger partial charge on any atom is -0.496 e. The highest BCUT2D eigenvalue weighted by molar-refractivity contribution is 5.43. The number of aryl methyl sites for hydroxylation is 2. The average Bonchev–Trinajstić information content (AvgIpc) is 2.18. The van der Waals surface area contributed by atoms with E-state index < -0.39 is 0 Å². The van der Waals surface area contributed by atoms with Crippen LogP contribution in [0.25, 0.3) is 0 Å². The fraction of sp³-hybridized carbons (Fsp3) is 0.500. The van der Waals surface area contributed by atoms with E-state index >= 15 is 0 Å². The molecule has 0 bridgehead atoms. The number of nitrogens with one attached hydrogen (secondary N) is 1. The zero-order chi connectivity index (χ0) is 11.3. The van der Waals surface area contributed by atoms with Gasteiger partial charge in [0.25, 0.3) is 0 Å². The van der Waals surface area contributed by atoms with Gasteiger partial charge in [0, 0.05) is 13.7 Å². The number of hydrogen-bond acceptors (Lipinski definition) is 3. The first kappa shape index (κ1) is 12.0. The fourth-order valence-corrected chi connectivity index (χ4v) is 1.76. The molecule has 0 unspecified atom stereocenters. The maximum Gasteiger partial charge on any atom is 0.124 e. The Kier molecular flexibility index (Phi) is 4.59. The van der Waals surface area contributed by atoms with E-state index in [9.17, 15) is 0 Å². The Bertz CT molecular complexity index is 300. The van der Waals surface area contributed by atoms with Gasteiger partial charge in [0.2, 0.25) is 0 Å². The van der Waals surface area contributed by atoms with E-state index in [1.807, 2.05) is 0 Å². The molecule has 1 rings (SSSR count). The Morgan fingerprint density at radius 2 is 1.73 bits per heavy atom. The largest absolute Gasteiger partial charge is 0.496 e. The van der Waals surface area contributed by atoms with Crippen molar-refractivity contribution in [1.29, 1.82) is 0 Å². The van der Waals surface area contributed by atoms with Crippen molar-refractivity contribution in [3.63, 3.8) is 0 Å². The fourth-order valence-electron chi connectivity index (χ4n) is 1.76. The van der Waals surface area contributed by atoms with Crippen LogP contribution in [-0.4, -0.2) is 21.0 Å². The molecule has 0 aliphatic carbocycles. The summed E-state index contributed by atoms with van der Waals surface area (Å²) >= 11 is 0. The third-order valence-electron chi connectivity index (χ3n) is 2.30. The molecule has 0 saturated heterocycles. The first-order chi connectivity index (χ1) is 7.19. The van der Waals surface area contributed by atoms with E-state index in [4.69, 9.17) is 9.47 Å². The molecule has 0 aliphatic heterocycles. The Labute approximate surface area is 91.4 Å². The number of benzene rings is 1. The monoisotopic (exact) mass is 209 g/mol. The van der Waals surface area contributed by atoms with Crippen LogP contribution in [0.4, 0.5) is 0 Å². The molecular weight excluding hydrogens is 190 g/mol. The zero-order valence-corrected chi connectivity index (χ0v) is 9.89. The van der Waals surface area contributed by atoms with E-state index in [2.05, 4.69) is 31.3 Å². The molecular formula is C12H19NO2. The Balaban J connectivity index is 2.75. The third kappa shape index (κ3) is 3.22. The average molecular weight is 209 g/mol. The van der Waals surface area contributed by atoms with Crippen LogP contribution in [-0.2, 0) is 11.3 Å². The molecule has 1 aromatic carbocycles. The van der Waals surface area contributed by atoms with Crippen molar-refractivity contribution in [2.75, 3.05) is 21.0 Å². The summed E-state index contributed by atoms with van der Waals surface area (Å²) in [5.74, 6) is 0.977. The predicted octanol–water partition coefficient (Wildman–Crippen LogP) is 2.01. The second kappa shape index (κ2) is 5.73. The molecule has 0 fully saturated rings. The topological polar surface area (TPSA) is 30.5 Å². The molecule has 1 aromatic rings. The van der Waals surface area contributed by atoms with E-state index in [0.717, 1.165) is 12.3 Å². The van der Waals surface area contributed by atoms with Crippen LogP contribution in [0.15, 0.2) is 12.1 Å². The van der Waals surface area contributed by atoms with Crippen LogP contribution in [0, 0.1) is 13.8 Å². The van der Waals surface area contributed by atoms with Crippen molar-refractivity contribution >= 4 is 0 Å². The second-order valence-corrected chi connectivity index (χ2v) is 3.62. The number of rotatable bonds is 5. The second-order valence-electron chi connectivity index (χ2n) is 3.62. The van der Waals surface area contributed by atoms with Crippen LogP contribution in [0.1, 0.15) is 16.7 Å². The molecule has 0 atom stereocenters. The Hall–Kier alpha value is -1.06. The van der Waals surface area contributed by atoms with Crippen molar-refractivity contribution in [3.8, 4) is 5.75 Å². The van der Waals surface area contributed by atoms with E-state index in [-0.39, 0.29) is 0 Å². The summed E-state index contributed by atoms with van der Waals surface area (Å²) in [6, 6.07) is 4.27. The normalized spacial score (nSPS) is 10.4. The maximum absolute atomic E-state index is 5.31. The number of methoxy groups -OCH3 is 2. The standard InChI is InChI=1S/C12H19NO2/c1-9-5-11(7-13-8-14-3)6-10(2)12(9)15-4/h5-6,13H,7-8H2,1-4H3. The van der Waals surface area contributed by atoms with Gasteiger partial charge in [-0.2, -0.15) is 0 Å². The Morgan fingerprint density at radius 3 is 2.20 bits per heavy atom. The van der Waals surface area contributed by atoms with Gasteiger partial charge in [0.15, 0.2) is 0 Å². The lowest BCUT2D eigenvalue weighted by Crippen LogP contribution is -2.16. The van der Waals surface area contributed by atoms with Crippen molar-refractivity contribution in [1.82, 2.24) is 5.32 Å². The van der Waals surface area contributed by atoms with Gasteiger partial charge in [-0.25, -0.2) is 0 Å². The molecule has 0 spiro atoms. The molecule has 3 heteroatoms. The SMILES string of the molecule is COCNCc1cc(C)c(OC)c(C)c1. The maximum atomic E-state index is 5.31. The third-order valence-corrected chi connectivity index (χ3v) is 2.30. The lowest BCUT2D eigenvalue weighted by Gasteiger charge is -2.11. The summed E-state index contributed by atoms with van der Waals surface area (Å²) in [6.07, 6.45) is 0. The van der Waals surface area contributed by atoms with E-state index in [1.54, 1.807) is 14.2 Å². The first-order valence-corrected chi connectivity index (χ1v) is 5.02. The molecule has 84 valence electrons. The summed E-state index contributed by atoms with van der Waals surface area (Å²) in [5, 5.41) is 3.18. The molecule has 0 heterocycles. The van der Waals surface area contributed by atoms with Crippen LogP contribution in [0.3, 0.4) is 0 Å². The van der Waals surface area contributed by atoms with Crippen LogP contribution >= 0.6 is 0 Å². The number of hydrogen-bond donors (Lipinski definition) is 1. The van der Waals surface area contributed by atoms with Gasteiger partial charge in [0.1, 0.15) is 5.75 Å². The van der Waals surface area contributed by atoms with Gasteiger partial charge in [-0.1, -0.05) is 12.1 Å². The summed E-state index contributed by atoms with van der Waals surface area (Å²) < 4.78 is 10.2. The van der Waals surface area contributed by atoms with Crippen LogP contribution in [0.5, 0.6) is 5.75 Å². The predicted molar refractivity (Wildman–Crippen MR) is 61.2 cm³/mol. The van der Waals surface area contributed by atoms with Crippen LogP contribution in [0.2, 0.25) is 0 Å². The van der Waals surface area contributed by atoms with Gasteiger partial charge >= 0.3 is 0 Å². The summed E-state index contributed by atoms with van der Waals surface area (Å²) in [5.41, 5.74) is 3.60. The lowest BCUT2D eigenvalue weighted by molar-refractivity contribution is 0.174. The Morgan fingerprint density at radius 1 is 1.13 bits per heavy atom. The van der Waals surface area contributed by atoms with Crippen molar-refractivity contribution in [3.05, 3.63) is 28.8 Å². The molecule has 0 amide bonds.